The van der Waals surface area contributed by atoms with Crippen molar-refractivity contribution in [1.82, 2.24) is 0 Å². The first-order chi connectivity index (χ1) is 8.56. The summed E-state index contributed by atoms with van der Waals surface area (Å²) in [5.41, 5.74) is 6.72. The van der Waals surface area contributed by atoms with Gasteiger partial charge in [0.25, 0.3) is 0 Å². The van der Waals surface area contributed by atoms with Gasteiger partial charge in [0.1, 0.15) is 11.6 Å². The number of halogens is 1. The van der Waals surface area contributed by atoms with E-state index in [1.807, 2.05) is 19.1 Å². The Morgan fingerprint density at radius 3 is 2.39 bits per heavy atom. The van der Waals surface area contributed by atoms with Gasteiger partial charge in [-0.2, -0.15) is 0 Å². The minimum atomic E-state index is -0.539. The highest BCUT2D eigenvalue weighted by molar-refractivity contribution is 5.95. The molecule has 0 fully saturated rings. The van der Waals surface area contributed by atoms with Crippen molar-refractivity contribution in [2.75, 3.05) is 0 Å². The summed E-state index contributed by atoms with van der Waals surface area (Å²) in [6.45, 7) is 1.96. The Labute approximate surface area is 105 Å². The van der Waals surface area contributed by atoms with Crippen molar-refractivity contribution < 1.29 is 9.13 Å². The second-order valence-electron chi connectivity index (χ2n) is 3.97. The van der Waals surface area contributed by atoms with Gasteiger partial charge < -0.3 is 10.5 Å². The molecule has 2 rings (SSSR count). The molecule has 2 aromatic rings. The number of hydrogen-bond donors (Lipinski definition) is 2. The Morgan fingerprint density at radius 2 is 1.83 bits per heavy atom. The summed E-state index contributed by atoms with van der Waals surface area (Å²) in [6, 6.07) is 11.5. The van der Waals surface area contributed by atoms with E-state index in [0.717, 1.165) is 5.56 Å². The molecule has 0 aromatic heterocycles. The van der Waals surface area contributed by atoms with E-state index in [1.54, 1.807) is 18.2 Å². The van der Waals surface area contributed by atoms with E-state index in [0.29, 0.717) is 11.3 Å². The van der Waals surface area contributed by atoms with E-state index in [9.17, 15) is 4.39 Å². The molecule has 3 N–H and O–H groups in total. The largest absolute Gasteiger partial charge is 0.454 e. The predicted octanol–water partition coefficient (Wildman–Crippen LogP) is 3.21. The zero-order chi connectivity index (χ0) is 13.1. The molecule has 0 amide bonds. The topological polar surface area (TPSA) is 59.1 Å². The van der Waals surface area contributed by atoms with Crippen LogP contribution >= 0.6 is 0 Å². The van der Waals surface area contributed by atoms with E-state index >= 15 is 0 Å². The first kappa shape index (κ1) is 12.1. The Balaban J connectivity index is 2.24. The fourth-order valence-corrected chi connectivity index (χ4v) is 1.48. The fourth-order valence-electron chi connectivity index (χ4n) is 1.48. The van der Waals surface area contributed by atoms with Gasteiger partial charge in [0.15, 0.2) is 11.6 Å². The van der Waals surface area contributed by atoms with Gasteiger partial charge in [0.05, 0.1) is 0 Å². The monoisotopic (exact) mass is 244 g/mol. The summed E-state index contributed by atoms with van der Waals surface area (Å²) in [5, 5.41) is 7.22. The van der Waals surface area contributed by atoms with Crippen LogP contribution < -0.4 is 10.5 Å². The number of aryl methyl sites for hydroxylation is 1. The molecular formula is C14H13FN2O. The first-order valence-electron chi connectivity index (χ1n) is 5.45. The van der Waals surface area contributed by atoms with Crippen LogP contribution in [0.3, 0.4) is 0 Å². The number of benzene rings is 2. The number of nitrogen functional groups attached to an aromatic ring is 1. The van der Waals surface area contributed by atoms with Gasteiger partial charge in [0.2, 0.25) is 0 Å². The van der Waals surface area contributed by atoms with Gasteiger partial charge in [-0.3, -0.25) is 5.41 Å². The average molecular weight is 244 g/mol. The van der Waals surface area contributed by atoms with Crippen molar-refractivity contribution in [1.29, 1.82) is 5.41 Å². The minimum Gasteiger partial charge on any atom is -0.454 e. The number of ether oxygens (including phenoxy) is 1. The molecular weight excluding hydrogens is 231 g/mol. The molecule has 0 aliphatic carbocycles. The molecule has 0 atom stereocenters. The van der Waals surface area contributed by atoms with Gasteiger partial charge in [-0.1, -0.05) is 17.7 Å². The number of nitrogens with one attached hydrogen (secondary N) is 1. The molecule has 3 nitrogen and oxygen atoms in total. The van der Waals surface area contributed by atoms with Gasteiger partial charge in [-0.05, 0) is 37.3 Å². The summed E-state index contributed by atoms with van der Waals surface area (Å²) < 4.78 is 19.1. The van der Waals surface area contributed by atoms with E-state index in [4.69, 9.17) is 15.9 Å². The lowest BCUT2D eigenvalue weighted by atomic mass is 10.2. The molecule has 0 spiro atoms. The molecule has 0 heterocycles. The van der Waals surface area contributed by atoms with Gasteiger partial charge in [0, 0.05) is 5.56 Å². The summed E-state index contributed by atoms with van der Waals surface area (Å²) in [7, 11) is 0. The van der Waals surface area contributed by atoms with Crippen molar-refractivity contribution in [3.05, 3.63) is 59.4 Å². The molecule has 92 valence electrons. The number of amidine groups is 1. The van der Waals surface area contributed by atoms with Crippen molar-refractivity contribution in [2.24, 2.45) is 5.73 Å². The summed E-state index contributed by atoms with van der Waals surface area (Å²) in [5.74, 6) is -0.0296. The highest BCUT2D eigenvalue weighted by atomic mass is 19.1. The SMILES string of the molecule is Cc1ccc(Oc2ccc(C(=N)N)cc2F)cc1. The second kappa shape index (κ2) is 4.87. The van der Waals surface area contributed by atoms with E-state index < -0.39 is 5.82 Å². The standard InChI is InChI=1S/C14H13FN2O/c1-9-2-5-11(6-3-9)18-13-7-4-10(14(16)17)8-12(13)15/h2-8H,1H3,(H3,16,17). The third-order valence-corrected chi connectivity index (χ3v) is 2.49. The summed E-state index contributed by atoms with van der Waals surface area (Å²) in [4.78, 5) is 0. The zero-order valence-corrected chi connectivity index (χ0v) is 9.91. The van der Waals surface area contributed by atoms with E-state index in [2.05, 4.69) is 0 Å². The van der Waals surface area contributed by atoms with Crippen LogP contribution in [0.25, 0.3) is 0 Å². The lowest BCUT2D eigenvalue weighted by molar-refractivity contribution is 0.442. The third kappa shape index (κ3) is 2.66. The van der Waals surface area contributed by atoms with Crippen LogP contribution in [0.4, 0.5) is 4.39 Å². The quantitative estimate of drug-likeness (QED) is 0.643. The van der Waals surface area contributed by atoms with Crippen LogP contribution in [0, 0.1) is 18.2 Å². The maximum atomic E-state index is 13.7. The maximum absolute atomic E-state index is 13.7. The molecule has 18 heavy (non-hydrogen) atoms. The predicted molar refractivity (Wildman–Crippen MR) is 68.7 cm³/mol. The Kier molecular flexibility index (Phi) is 3.28. The van der Waals surface area contributed by atoms with Gasteiger partial charge in [-0.25, -0.2) is 4.39 Å². The molecule has 0 aliphatic heterocycles. The fraction of sp³-hybridized carbons (Fsp3) is 0.0714. The van der Waals surface area contributed by atoms with E-state index in [1.165, 1.54) is 12.1 Å². The molecule has 4 heteroatoms. The smallest absolute Gasteiger partial charge is 0.166 e. The lowest BCUT2D eigenvalue weighted by Gasteiger charge is -2.08. The zero-order valence-electron chi connectivity index (χ0n) is 9.91. The molecule has 0 saturated carbocycles. The van der Waals surface area contributed by atoms with Crippen LogP contribution in [0.2, 0.25) is 0 Å². The summed E-state index contributed by atoms with van der Waals surface area (Å²) in [6.07, 6.45) is 0. The molecule has 0 saturated heterocycles. The van der Waals surface area contributed by atoms with Crippen LogP contribution in [-0.4, -0.2) is 5.84 Å². The van der Waals surface area contributed by atoms with Gasteiger partial charge in [-0.15, -0.1) is 0 Å². The van der Waals surface area contributed by atoms with Crippen LogP contribution in [0.1, 0.15) is 11.1 Å². The lowest BCUT2D eigenvalue weighted by Crippen LogP contribution is -2.11. The number of hydrogen-bond acceptors (Lipinski definition) is 2. The number of nitrogens with two attached hydrogens (primary N) is 1. The molecule has 0 unspecified atom stereocenters. The highest BCUT2D eigenvalue weighted by Gasteiger charge is 2.07. The average Bonchev–Trinajstić information content (AvgIpc) is 2.34. The Hall–Kier alpha value is -2.36. The Bertz CT molecular complexity index is 579. The number of rotatable bonds is 3. The Morgan fingerprint density at radius 1 is 1.17 bits per heavy atom. The molecule has 0 bridgehead atoms. The van der Waals surface area contributed by atoms with Crippen molar-refractivity contribution in [2.45, 2.75) is 6.92 Å². The minimum absolute atomic E-state index is 0.115. The highest BCUT2D eigenvalue weighted by Crippen LogP contribution is 2.25. The van der Waals surface area contributed by atoms with Crippen molar-refractivity contribution in [3.63, 3.8) is 0 Å². The summed E-state index contributed by atoms with van der Waals surface area (Å²) >= 11 is 0. The van der Waals surface area contributed by atoms with Crippen molar-refractivity contribution in [3.8, 4) is 11.5 Å². The third-order valence-electron chi connectivity index (χ3n) is 2.49. The van der Waals surface area contributed by atoms with Crippen molar-refractivity contribution >= 4 is 5.84 Å². The molecule has 0 aliphatic rings. The van der Waals surface area contributed by atoms with Gasteiger partial charge >= 0.3 is 0 Å². The maximum Gasteiger partial charge on any atom is 0.166 e. The van der Waals surface area contributed by atoms with E-state index in [-0.39, 0.29) is 11.6 Å². The normalized spacial score (nSPS) is 10.1. The molecule has 0 radical (unpaired) electrons. The second-order valence-corrected chi connectivity index (χ2v) is 3.97. The van der Waals surface area contributed by atoms with Crippen LogP contribution in [0.15, 0.2) is 42.5 Å². The van der Waals surface area contributed by atoms with Crippen LogP contribution in [0.5, 0.6) is 11.5 Å². The molecule has 2 aromatic carbocycles. The van der Waals surface area contributed by atoms with Crippen LogP contribution in [-0.2, 0) is 0 Å². The first-order valence-corrected chi connectivity index (χ1v) is 5.45.